The van der Waals surface area contributed by atoms with Crippen LogP contribution in [0.4, 0.5) is 5.13 Å². The highest BCUT2D eigenvalue weighted by Gasteiger charge is 2.31. The van der Waals surface area contributed by atoms with Crippen molar-refractivity contribution in [3.8, 4) is 0 Å². The van der Waals surface area contributed by atoms with Gasteiger partial charge in [0.2, 0.25) is 0 Å². The predicted octanol–water partition coefficient (Wildman–Crippen LogP) is 3.58. The molecule has 1 N–H and O–H groups in total. The summed E-state index contributed by atoms with van der Waals surface area (Å²) in [6.45, 7) is 9.57. The number of thiazole rings is 1. The Hall–Kier alpha value is -1.98. The van der Waals surface area contributed by atoms with E-state index in [1.54, 1.807) is 10.7 Å². The minimum Gasteiger partial charge on any atom is -0.269 e. The van der Waals surface area contributed by atoms with E-state index in [4.69, 9.17) is 0 Å². The zero-order chi connectivity index (χ0) is 21.8. The van der Waals surface area contributed by atoms with Crippen LogP contribution in [-0.2, 0) is 25.3 Å². The molecule has 0 amide bonds. The number of nitrogens with one attached hydrogen (secondary N) is 1. The monoisotopic (exact) mass is 456 g/mol. The fraction of sp³-hybridized carbons (Fsp3) is 0.444. The number of anilines is 1. The van der Waals surface area contributed by atoms with Crippen molar-refractivity contribution in [2.24, 2.45) is 0 Å². The minimum absolute atomic E-state index is 0.0110. The van der Waals surface area contributed by atoms with Crippen LogP contribution in [0.1, 0.15) is 46.4 Å². The van der Waals surface area contributed by atoms with Gasteiger partial charge in [-0.2, -0.15) is 5.10 Å². The number of benzene rings is 1. The number of nitrogens with zero attached hydrogens (tertiary/aromatic N) is 3. The van der Waals surface area contributed by atoms with E-state index in [0.717, 1.165) is 17.6 Å². The third-order valence-electron chi connectivity index (χ3n) is 4.24. The molecule has 2 aromatic heterocycles. The Kier molecular flexibility index (Phi) is 5.29. The summed E-state index contributed by atoms with van der Waals surface area (Å²) < 4.78 is 54.5. The van der Waals surface area contributed by atoms with Gasteiger partial charge in [0.05, 0.1) is 20.8 Å². The molecule has 0 unspecified atom stereocenters. The molecule has 8 nitrogen and oxygen atoms in total. The normalized spacial score (nSPS) is 13.3. The van der Waals surface area contributed by atoms with Crippen molar-refractivity contribution < 1.29 is 16.8 Å². The molecule has 0 fully saturated rings. The smallest absolute Gasteiger partial charge is 0.267 e. The number of sulfonamides is 1. The maximum Gasteiger partial charge on any atom is 0.267 e. The van der Waals surface area contributed by atoms with Crippen molar-refractivity contribution in [1.82, 2.24) is 14.8 Å². The first kappa shape index (κ1) is 21.7. The zero-order valence-corrected chi connectivity index (χ0v) is 19.5. The Balaban J connectivity index is 2.04. The SMILES string of the molecule is CC(C)n1cc(S(=O)(=O)Nc2nc3ccc(S(C)(=O)=O)cc3s2)c(C(C)(C)C)n1. The van der Waals surface area contributed by atoms with E-state index in [-0.39, 0.29) is 21.0 Å². The van der Waals surface area contributed by atoms with Gasteiger partial charge in [-0.1, -0.05) is 32.1 Å². The molecule has 0 spiro atoms. The first-order valence-electron chi connectivity index (χ1n) is 8.91. The van der Waals surface area contributed by atoms with Gasteiger partial charge in [-0.3, -0.25) is 9.40 Å². The lowest BCUT2D eigenvalue weighted by Crippen LogP contribution is -2.20. The maximum atomic E-state index is 13.1. The summed E-state index contributed by atoms with van der Waals surface area (Å²) in [6, 6.07) is 4.53. The minimum atomic E-state index is -3.93. The molecule has 2 heterocycles. The summed E-state index contributed by atoms with van der Waals surface area (Å²) in [5, 5.41) is 4.65. The molecule has 3 aromatic rings. The second-order valence-electron chi connectivity index (χ2n) is 8.19. The fourth-order valence-electron chi connectivity index (χ4n) is 2.70. The Morgan fingerprint density at radius 3 is 2.34 bits per heavy atom. The van der Waals surface area contributed by atoms with E-state index in [0.29, 0.717) is 15.9 Å². The van der Waals surface area contributed by atoms with Gasteiger partial charge < -0.3 is 0 Å². The van der Waals surface area contributed by atoms with Gasteiger partial charge in [0, 0.05) is 23.9 Å². The average Bonchev–Trinajstić information content (AvgIpc) is 3.16. The van der Waals surface area contributed by atoms with E-state index in [1.807, 2.05) is 34.6 Å². The number of hydrogen-bond donors (Lipinski definition) is 1. The molecule has 0 atom stereocenters. The van der Waals surface area contributed by atoms with Crippen LogP contribution in [0, 0.1) is 0 Å². The van der Waals surface area contributed by atoms with E-state index in [9.17, 15) is 16.8 Å². The Labute approximate surface area is 174 Å². The molecule has 0 radical (unpaired) electrons. The van der Waals surface area contributed by atoms with Crippen molar-refractivity contribution in [1.29, 1.82) is 0 Å². The second kappa shape index (κ2) is 7.06. The van der Waals surface area contributed by atoms with Crippen molar-refractivity contribution in [2.75, 3.05) is 11.0 Å². The summed E-state index contributed by atoms with van der Waals surface area (Å²) in [7, 11) is -7.29. The van der Waals surface area contributed by atoms with E-state index < -0.39 is 25.3 Å². The van der Waals surface area contributed by atoms with Gasteiger partial charge in [-0.25, -0.2) is 21.8 Å². The molecule has 0 saturated carbocycles. The largest absolute Gasteiger partial charge is 0.269 e. The lowest BCUT2D eigenvalue weighted by molar-refractivity contribution is 0.493. The third kappa shape index (κ3) is 4.46. The molecule has 29 heavy (non-hydrogen) atoms. The number of aromatic nitrogens is 3. The average molecular weight is 457 g/mol. The van der Waals surface area contributed by atoms with Gasteiger partial charge in [-0.05, 0) is 32.0 Å². The van der Waals surface area contributed by atoms with Gasteiger partial charge in [0.25, 0.3) is 10.0 Å². The molecule has 11 heteroatoms. The maximum absolute atomic E-state index is 13.1. The van der Waals surface area contributed by atoms with Gasteiger partial charge in [0.1, 0.15) is 4.90 Å². The van der Waals surface area contributed by atoms with Gasteiger partial charge in [-0.15, -0.1) is 0 Å². The highest BCUT2D eigenvalue weighted by molar-refractivity contribution is 7.93. The van der Waals surface area contributed by atoms with Crippen molar-refractivity contribution in [3.05, 3.63) is 30.1 Å². The molecule has 158 valence electrons. The summed E-state index contributed by atoms with van der Waals surface area (Å²) in [6.07, 6.45) is 2.65. The fourth-order valence-corrected chi connectivity index (χ4v) is 5.91. The summed E-state index contributed by atoms with van der Waals surface area (Å²) in [4.78, 5) is 4.56. The van der Waals surface area contributed by atoms with E-state index in [2.05, 4.69) is 14.8 Å². The van der Waals surface area contributed by atoms with Gasteiger partial charge >= 0.3 is 0 Å². The summed E-state index contributed by atoms with van der Waals surface area (Å²) in [5.41, 5.74) is 0.524. The molecule has 0 aliphatic heterocycles. The Bertz CT molecular complexity index is 1280. The van der Waals surface area contributed by atoms with Crippen LogP contribution >= 0.6 is 11.3 Å². The van der Waals surface area contributed by atoms with Crippen LogP contribution < -0.4 is 4.72 Å². The summed E-state index contributed by atoms with van der Waals surface area (Å²) >= 11 is 1.08. The van der Waals surface area contributed by atoms with E-state index >= 15 is 0 Å². The van der Waals surface area contributed by atoms with Crippen molar-refractivity contribution in [3.63, 3.8) is 0 Å². The van der Waals surface area contributed by atoms with Crippen molar-refractivity contribution in [2.45, 2.75) is 55.9 Å². The van der Waals surface area contributed by atoms with Crippen LogP contribution in [0.5, 0.6) is 0 Å². The van der Waals surface area contributed by atoms with Crippen LogP contribution in [0.25, 0.3) is 10.2 Å². The van der Waals surface area contributed by atoms with Crippen LogP contribution in [0.15, 0.2) is 34.2 Å². The topological polar surface area (TPSA) is 111 Å². The van der Waals surface area contributed by atoms with Gasteiger partial charge in [0.15, 0.2) is 15.0 Å². The number of sulfone groups is 1. The third-order valence-corrected chi connectivity index (χ3v) is 7.75. The first-order valence-corrected chi connectivity index (χ1v) is 13.1. The molecule has 0 aliphatic carbocycles. The molecular weight excluding hydrogens is 432 g/mol. The van der Waals surface area contributed by atoms with Crippen LogP contribution in [-0.4, -0.2) is 37.9 Å². The second-order valence-corrected chi connectivity index (χ2v) is 12.9. The molecule has 0 saturated heterocycles. The molecular formula is C18H24N4O4S3. The lowest BCUT2D eigenvalue weighted by Gasteiger charge is -2.17. The summed E-state index contributed by atoms with van der Waals surface area (Å²) in [5.74, 6) is 0. The number of fused-ring (bicyclic) bond motifs is 1. The Morgan fingerprint density at radius 2 is 1.79 bits per heavy atom. The van der Waals surface area contributed by atoms with Crippen LogP contribution in [0.2, 0.25) is 0 Å². The first-order chi connectivity index (χ1) is 13.2. The highest BCUT2D eigenvalue weighted by atomic mass is 32.2. The Morgan fingerprint density at radius 1 is 1.14 bits per heavy atom. The van der Waals surface area contributed by atoms with E-state index in [1.165, 1.54) is 18.3 Å². The highest BCUT2D eigenvalue weighted by Crippen LogP contribution is 2.33. The molecule has 0 aliphatic rings. The zero-order valence-electron chi connectivity index (χ0n) is 17.1. The molecule has 1 aromatic carbocycles. The number of hydrogen-bond acceptors (Lipinski definition) is 7. The molecule has 3 rings (SSSR count). The standard InChI is InChI=1S/C18H24N4O4S3/c1-11(2)22-10-15(16(20-22)18(3,4)5)29(25,26)21-17-19-13-8-7-12(28(6,23)24)9-14(13)27-17/h7-11H,1-6H3,(H,19,21). The predicted molar refractivity (Wildman–Crippen MR) is 115 cm³/mol. The number of rotatable bonds is 5. The lowest BCUT2D eigenvalue weighted by atomic mass is 9.92. The van der Waals surface area contributed by atoms with Crippen molar-refractivity contribution >= 4 is 46.5 Å². The van der Waals surface area contributed by atoms with Crippen LogP contribution in [0.3, 0.4) is 0 Å². The quantitative estimate of drug-likeness (QED) is 0.628. The molecule has 0 bridgehead atoms.